The number of hydrogen-bond donors (Lipinski definition) is 1. The van der Waals surface area contributed by atoms with Gasteiger partial charge in [0.05, 0.1) is 9.21 Å². The van der Waals surface area contributed by atoms with Gasteiger partial charge in [-0.15, -0.1) is 22.7 Å². The molecule has 7 heteroatoms. The van der Waals surface area contributed by atoms with Crippen LogP contribution in [0.15, 0.2) is 17.5 Å². The van der Waals surface area contributed by atoms with Crippen molar-refractivity contribution in [3.05, 3.63) is 27.5 Å². The van der Waals surface area contributed by atoms with Gasteiger partial charge in [0.2, 0.25) is 0 Å². The van der Waals surface area contributed by atoms with Gasteiger partial charge in [-0.3, -0.25) is 4.79 Å². The van der Waals surface area contributed by atoms with Crippen molar-refractivity contribution in [2.45, 2.75) is 25.8 Å². The van der Waals surface area contributed by atoms with Crippen molar-refractivity contribution >= 4 is 40.2 Å². The minimum absolute atomic E-state index is 0.00694. The molecule has 3 heterocycles. The molecule has 2 unspecified atom stereocenters. The molecule has 0 spiro atoms. The fourth-order valence-corrected chi connectivity index (χ4v) is 4.71. The van der Waals surface area contributed by atoms with Crippen LogP contribution in [0.4, 0.5) is 0 Å². The Hall–Kier alpha value is -0.950. The molecule has 0 bridgehead atoms. The zero-order valence-corrected chi connectivity index (χ0v) is 14.7. The van der Waals surface area contributed by atoms with Gasteiger partial charge in [0.15, 0.2) is 0 Å². The maximum Gasteiger partial charge on any atom is 0.273 e. The van der Waals surface area contributed by atoms with Gasteiger partial charge >= 0.3 is 0 Å². The predicted molar refractivity (Wildman–Crippen MR) is 92.7 cm³/mol. The lowest BCUT2D eigenvalue weighted by Gasteiger charge is -2.37. The molecule has 2 aromatic heterocycles. The van der Waals surface area contributed by atoms with E-state index in [1.807, 2.05) is 22.4 Å². The van der Waals surface area contributed by atoms with Gasteiger partial charge in [0.1, 0.15) is 10.7 Å². The molecule has 0 aliphatic carbocycles. The number of halogens is 1. The second kappa shape index (κ2) is 6.66. The number of carbonyl (C=O) groups is 1. The summed E-state index contributed by atoms with van der Waals surface area (Å²) >= 11 is 8.91. The van der Waals surface area contributed by atoms with Crippen LogP contribution in [-0.4, -0.2) is 34.9 Å². The quantitative estimate of drug-likeness (QED) is 0.912. The highest BCUT2D eigenvalue weighted by atomic mass is 35.5. The first-order valence-corrected chi connectivity index (χ1v) is 9.38. The second-order valence-electron chi connectivity index (χ2n) is 5.66. The summed E-state index contributed by atoms with van der Waals surface area (Å²) in [4.78, 5) is 20.1. The summed E-state index contributed by atoms with van der Waals surface area (Å²) in [6.07, 6.45) is 2.00. The number of nitrogens with two attached hydrogens (primary N) is 1. The van der Waals surface area contributed by atoms with Crippen molar-refractivity contribution in [2.24, 2.45) is 11.7 Å². The van der Waals surface area contributed by atoms with Crippen LogP contribution in [0.1, 0.15) is 30.3 Å². The van der Waals surface area contributed by atoms with E-state index < -0.39 is 0 Å². The Kier molecular flexibility index (Phi) is 4.82. The van der Waals surface area contributed by atoms with Gasteiger partial charge < -0.3 is 10.6 Å². The lowest BCUT2D eigenvalue weighted by atomic mass is 9.92. The Morgan fingerprint density at radius 2 is 2.36 bits per heavy atom. The van der Waals surface area contributed by atoms with E-state index in [1.165, 1.54) is 22.7 Å². The monoisotopic (exact) mass is 355 g/mol. The number of thiophene rings is 1. The third-order valence-corrected chi connectivity index (χ3v) is 6.26. The number of nitrogens with zero attached hydrogens (tertiary/aromatic N) is 2. The number of carbonyl (C=O) groups excluding carboxylic acids is 1. The number of thiazole rings is 1. The van der Waals surface area contributed by atoms with E-state index in [9.17, 15) is 4.79 Å². The molecule has 1 saturated heterocycles. The van der Waals surface area contributed by atoms with E-state index in [1.54, 1.807) is 0 Å². The SMILES string of the molecule is CC1CCN(C(=O)c2csc(-c3ccc(Cl)s3)n2)C(CN)C1. The lowest BCUT2D eigenvalue weighted by molar-refractivity contribution is 0.0568. The van der Waals surface area contributed by atoms with Gasteiger partial charge in [-0.25, -0.2) is 4.98 Å². The van der Waals surface area contributed by atoms with Crippen LogP contribution in [0.3, 0.4) is 0 Å². The predicted octanol–water partition coefficient (Wildman–Crippen LogP) is 3.72. The Bertz CT molecular complexity index is 669. The molecule has 2 atom stereocenters. The third-order valence-electron chi connectivity index (χ3n) is 4.02. The molecule has 1 aliphatic rings. The minimum atomic E-state index is -0.00694. The summed E-state index contributed by atoms with van der Waals surface area (Å²) in [6, 6.07) is 3.91. The van der Waals surface area contributed by atoms with Crippen molar-refractivity contribution in [3.8, 4) is 9.88 Å². The van der Waals surface area contributed by atoms with E-state index in [0.717, 1.165) is 33.6 Å². The largest absolute Gasteiger partial charge is 0.333 e. The Morgan fingerprint density at radius 3 is 3.05 bits per heavy atom. The summed E-state index contributed by atoms with van der Waals surface area (Å²) in [5, 5.41) is 2.67. The van der Waals surface area contributed by atoms with Gasteiger partial charge in [-0.05, 0) is 30.9 Å². The second-order valence-corrected chi connectivity index (χ2v) is 8.23. The van der Waals surface area contributed by atoms with E-state index in [0.29, 0.717) is 18.2 Å². The molecule has 0 radical (unpaired) electrons. The van der Waals surface area contributed by atoms with Gasteiger partial charge in [-0.1, -0.05) is 18.5 Å². The number of likely N-dealkylation sites (tertiary alicyclic amines) is 1. The summed E-state index contributed by atoms with van der Waals surface area (Å²) in [6.45, 7) is 3.49. The molecular weight excluding hydrogens is 338 g/mol. The van der Waals surface area contributed by atoms with Crippen LogP contribution in [0.25, 0.3) is 9.88 Å². The van der Waals surface area contributed by atoms with Crippen LogP contribution < -0.4 is 5.73 Å². The molecule has 2 N–H and O–H groups in total. The van der Waals surface area contributed by atoms with E-state index >= 15 is 0 Å². The third kappa shape index (κ3) is 3.20. The van der Waals surface area contributed by atoms with Crippen molar-refractivity contribution in [1.82, 2.24) is 9.88 Å². The smallest absolute Gasteiger partial charge is 0.273 e. The molecule has 4 nitrogen and oxygen atoms in total. The van der Waals surface area contributed by atoms with E-state index in [4.69, 9.17) is 17.3 Å². The van der Waals surface area contributed by atoms with Crippen LogP contribution in [-0.2, 0) is 0 Å². The zero-order valence-electron chi connectivity index (χ0n) is 12.3. The van der Waals surface area contributed by atoms with E-state index in [2.05, 4.69) is 11.9 Å². The summed E-state index contributed by atoms with van der Waals surface area (Å²) in [7, 11) is 0. The molecule has 2 aromatic rings. The average molecular weight is 356 g/mol. The number of hydrogen-bond acceptors (Lipinski definition) is 5. The first kappa shape index (κ1) is 15.9. The minimum Gasteiger partial charge on any atom is -0.333 e. The van der Waals surface area contributed by atoms with Crippen molar-refractivity contribution in [2.75, 3.05) is 13.1 Å². The van der Waals surface area contributed by atoms with Crippen molar-refractivity contribution in [1.29, 1.82) is 0 Å². The Labute approximate surface area is 142 Å². The topological polar surface area (TPSA) is 59.2 Å². The zero-order chi connectivity index (χ0) is 15.7. The highest BCUT2D eigenvalue weighted by molar-refractivity contribution is 7.23. The van der Waals surface area contributed by atoms with Crippen molar-refractivity contribution in [3.63, 3.8) is 0 Å². The molecule has 1 fully saturated rings. The van der Waals surface area contributed by atoms with Gasteiger partial charge in [0, 0.05) is 24.5 Å². The number of amides is 1. The molecule has 22 heavy (non-hydrogen) atoms. The number of piperidine rings is 1. The Morgan fingerprint density at radius 1 is 1.55 bits per heavy atom. The van der Waals surface area contributed by atoms with Gasteiger partial charge in [-0.2, -0.15) is 0 Å². The maximum absolute atomic E-state index is 12.7. The fourth-order valence-electron chi connectivity index (χ4n) is 2.80. The van der Waals surface area contributed by atoms with E-state index in [-0.39, 0.29) is 11.9 Å². The molecule has 118 valence electrons. The number of rotatable bonds is 3. The van der Waals surface area contributed by atoms with Crippen LogP contribution in [0.5, 0.6) is 0 Å². The van der Waals surface area contributed by atoms with Crippen molar-refractivity contribution < 1.29 is 4.79 Å². The molecule has 0 aromatic carbocycles. The molecular formula is C15H18ClN3OS2. The maximum atomic E-state index is 12.7. The average Bonchev–Trinajstić information content (AvgIpc) is 3.15. The molecule has 3 rings (SSSR count). The summed E-state index contributed by atoms with van der Waals surface area (Å²) in [5.74, 6) is 0.615. The fraction of sp³-hybridized carbons (Fsp3) is 0.467. The van der Waals surface area contributed by atoms with Crippen LogP contribution in [0, 0.1) is 5.92 Å². The molecule has 1 amide bonds. The van der Waals surface area contributed by atoms with Crippen LogP contribution in [0.2, 0.25) is 4.34 Å². The lowest BCUT2D eigenvalue weighted by Crippen LogP contribution is -2.49. The molecule has 1 aliphatic heterocycles. The number of aromatic nitrogens is 1. The van der Waals surface area contributed by atoms with Crippen LogP contribution >= 0.6 is 34.3 Å². The molecule has 0 saturated carbocycles. The highest BCUT2D eigenvalue weighted by Crippen LogP contribution is 2.33. The first-order chi connectivity index (χ1) is 10.6. The van der Waals surface area contributed by atoms with Gasteiger partial charge in [0.25, 0.3) is 5.91 Å². The summed E-state index contributed by atoms with van der Waals surface area (Å²) in [5.41, 5.74) is 6.36. The normalized spacial score (nSPS) is 22.0. The Balaban J connectivity index is 1.79. The first-order valence-electron chi connectivity index (χ1n) is 7.30. The standard InChI is InChI=1S/C15H18ClN3OS2/c1-9-4-5-19(10(6-9)7-17)15(20)11-8-21-14(18-11)12-2-3-13(16)22-12/h2-3,8-10H,4-7,17H2,1H3. The summed E-state index contributed by atoms with van der Waals surface area (Å²) < 4.78 is 0.728. The highest BCUT2D eigenvalue weighted by Gasteiger charge is 2.30.